The van der Waals surface area contributed by atoms with Crippen LogP contribution in [-0.2, 0) is 38.1 Å². The van der Waals surface area contributed by atoms with Crippen LogP contribution in [-0.4, -0.2) is 53.7 Å². The van der Waals surface area contributed by atoms with E-state index in [0.29, 0.717) is 6.42 Å². The topological polar surface area (TPSA) is 97.4 Å². The number of hydrogen-bond acceptors (Lipinski definition) is 8. The Balaban J connectivity index is 2.13. The van der Waals surface area contributed by atoms with E-state index in [0.717, 1.165) is 6.42 Å². The Kier molecular flexibility index (Phi) is 7.21. The first kappa shape index (κ1) is 25.9. The second-order valence-corrected chi connectivity index (χ2v) is 10.6. The summed E-state index contributed by atoms with van der Waals surface area (Å²) in [6.45, 7) is 16.3. The first-order chi connectivity index (χ1) is 15.3. The van der Waals surface area contributed by atoms with Gasteiger partial charge in [-0.05, 0) is 26.7 Å². The van der Waals surface area contributed by atoms with Crippen LogP contribution in [0.3, 0.4) is 0 Å². The largest absolute Gasteiger partial charge is 0.462 e. The van der Waals surface area contributed by atoms with Gasteiger partial charge in [0.05, 0.1) is 17.6 Å². The molecule has 0 unspecified atom stereocenters. The van der Waals surface area contributed by atoms with Crippen molar-refractivity contribution in [3.63, 3.8) is 0 Å². The van der Waals surface area contributed by atoms with E-state index in [1.165, 1.54) is 13.8 Å². The molecule has 11 atom stereocenters. The van der Waals surface area contributed by atoms with E-state index in [4.69, 9.17) is 23.7 Å². The van der Waals surface area contributed by atoms with Gasteiger partial charge in [-0.3, -0.25) is 14.4 Å². The molecule has 0 amide bonds. The van der Waals surface area contributed by atoms with E-state index >= 15 is 0 Å². The lowest BCUT2D eigenvalue weighted by atomic mass is 9.73. The molecule has 1 spiro atoms. The Morgan fingerprint density at radius 2 is 1.58 bits per heavy atom. The third-order valence-electron chi connectivity index (χ3n) is 8.07. The van der Waals surface area contributed by atoms with Crippen molar-refractivity contribution in [1.29, 1.82) is 0 Å². The van der Waals surface area contributed by atoms with Crippen LogP contribution in [0.5, 0.6) is 0 Å². The third-order valence-corrected chi connectivity index (χ3v) is 8.07. The van der Waals surface area contributed by atoms with Crippen LogP contribution in [0.1, 0.15) is 75.2 Å². The summed E-state index contributed by atoms with van der Waals surface area (Å²) >= 11 is 0. The Bertz CT molecular complexity index is 782. The van der Waals surface area contributed by atoms with Crippen LogP contribution in [0.25, 0.3) is 0 Å². The van der Waals surface area contributed by atoms with Gasteiger partial charge < -0.3 is 23.7 Å². The molecule has 3 rings (SSSR count). The van der Waals surface area contributed by atoms with E-state index in [1.54, 1.807) is 6.92 Å². The summed E-state index contributed by atoms with van der Waals surface area (Å²) in [5, 5.41) is 0. The number of fused-ring (bicyclic) bond motifs is 3. The zero-order valence-corrected chi connectivity index (χ0v) is 21.4. The summed E-state index contributed by atoms with van der Waals surface area (Å²) in [5.74, 6) is -3.85. The van der Waals surface area contributed by atoms with Crippen LogP contribution in [0.4, 0.5) is 0 Å². The molecule has 0 aliphatic carbocycles. The van der Waals surface area contributed by atoms with Crippen molar-refractivity contribution in [3.8, 4) is 0 Å². The third kappa shape index (κ3) is 4.41. The van der Waals surface area contributed by atoms with Gasteiger partial charge in [-0.1, -0.05) is 34.6 Å². The van der Waals surface area contributed by atoms with Crippen molar-refractivity contribution in [2.45, 2.75) is 111 Å². The van der Waals surface area contributed by atoms with Crippen LogP contribution >= 0.6 is 0 Å². The predicted octanol–water partition coefficient (Wildman–Crippen LogP) is 3.64. The summed E-state index contributed by atoms with van der Waals surface area (Å²) in [6, 6.07) is 0. The average Bonchev–Trinajstić information content (AvgIpc) is 3.18. The van der Waals surface area contributed by atoms with E-state index in [1.807, 2.05) is 34.6 Å². The fourth-order valence-electron chi connectivity index (χ4n) is 6.49. The van der Waals surface area contributed by atoms with E-state index < -0.39 is 59.6 Å². The number of rotatable bonds is 3. The van der Waals surface area contributed by atoms with Gasteiger partial charge in [0.1, 0.15) is 18.3 Å². The molecule has 0 saturated carbocycles. The monoisotopic (exact) mass is 468 g/mol. The minimum Gasteiger partial charge on any atom is -0.462 e. The number of carbonyl (C=O) groups is 3. The lowest BCUT2D eigenvalue weighted by Crippen LogP contribution is -2.56. The van der Waals surface area contributed by atoms with Crippen molar-refractivity contribution >= 4 is 17.9 Å². The normalized spacial score (nSPS) is 47.8. The van der Waals surface area contributed by atoms with Gasteiger partial charge in [-0.15, -0.1) is 0 Å². The van der Waals surface area contributed by atoms with Crippen molar-refractivity contribution in [3.05, 3.63) is 0 Å². The van der Waals surface area contributed by atoms with E-state index in [9.17, 15) is 14.4 Å². The molecule has 3 aliphatic heterocycles. The Morgan fingerprint density at radius 3 is 2.12 bits per heavy atom. The van der Waals surface area contributed by atoms with Crippen molar-refractivity contribution in [2.75, 3.05) is 0 Å². The highest BCUT2D eigenvalue weighted by Crippen LogP contribution is 2.59. The van der Waals surface area contributed by atoms with Crippen molar-refractivity contribution in [2.24, 2.45) is 29.6 Å². The lowest BCUT2D eigenvalue weighted by Gasteiger charge is -2.45. The molecular formula is C25H40O8. The quantitative estimate of drug-likeness (QED) is 0.457. The molecule has 3 aliphatic rings. The summed E-state index contributed by atoms with van der Waals surface area (Å²) in [4.78, 5) is 37.2. The zero-order valence-electron chi connectivity index (χ0n) is 21.4. The average molecular weight is 469 g/mol. The molecule has 0 N–H and O–H groups in total. The van der Waals surface area contributed by atoms with E-state index in [2.05, 4.69) is 6.92 Å². The number of ether oxygens (including phenoxy) is 5. The first-order valence-electron chi connectivity index (χ1n) is 12.2. The van der Waals surface area contributed by atoms with Gasteiger partial charge in [0.15, 0.2) is 5.79 Å². The molecular weight excluding hydrogens is 428 g/mol. The Hall–Kier alpha value is -1.67. The second kappa shape index (κ2) is 9.17. The zero-order chi connectivity index (χ0) is 24.9. The summed E-state index contributed by atoms with van der Waals surface area (Å²) in [5.41, 5.74) is -0.628. The van der Waals surface area contributed by atoms with Gasteiger partial charge in [0.2, 0.25) is 0 Å². The predicted molar refractivity (Wildman–Crippen MR) is 119 cm³/mol. The number of cyclic esters (lactones) is 1. The van der Waals surface area contributed by atoms with Crippen LogP contribution in [0.2, 0.25) is 0 Å². The number of carbonyl (C=O) groups excluding carboxylic acids is 3. The van der Waals surface area contributed by atoms with Crippen molar-refractivity contribution in [1.82, 2.24) is 0 Å². The van der Waals surface area contributed by atoms with Crippen LogP contribution in [0, 0.1) is 29.6 Å². The molecule has 0 aromatic heterocycles. The maximum absolute atomic E-state index is 13.2. The summed E-state index contributed by atoms with van der Waals surface area (Å²) in [6.07, 6.45) is -0.905. The maximum Gasteiger partial charge on any atom is 0.312 e. The Labute approximate surface area is 197 Å². The Morgan fingerprint density at radius 1 is 1.00 bits per heavy atom. The van der Waals surface area contributed by atoms with Crippen molar-refractivity contribution < 1.29 is 38.1 Å². The SMILES string of the molecule is CC[C@H]1OC(=O)[C@H](C)[C@@H](OC(C)=O)[C@H](C)[C@H]2O[C@]3(O[C@]2(C)C[C@H]3C)[C@H](C)[C@@H](OC(C)=O)[C@H]1C. The van der Waals surface area contributed by atoms with Gasteiger partial charge in [-0.2, -0.15) is 0 Å². The van der Waals surface area contributed by atoms with Crippen LogP contribution in [0.15, 0.2) is 0 Å². The van der Waals surface area contributed by atoms with Gasteiger partial charge >= 0.3 is 17.9 Å². The molecule has 0 aromatic carbocycles. The number of hydrogen-bond donors (Lipinski definition) is 0. The summed E-state index contributed by atoms with van der Waals surface area (Å²) < 4.78 is 30.8. The molecule has 3 heterocycles. The molecule has 3 bridgehead atoms. The maximum atomic E-state index is 13.2. The summed E-state index contributed by atoms with van der Waals surface area (Å²) in [7, 11) is 0. The molecule has 8 heteroatoms. The van der Waals surface area contributed by atoms with E-state index in [-0.39, 0.29) is 23.7 Å². The molecule has 188 valence electrons. The smallest absolute Gasteiger partial charge is 0.312 e. The molecule has 3 fully saturated rings. The highest BCUT2D eigenvalue weighted by molar-refractivity contribution is 5.74. The first-order valence-corrected chi connectivity index (χ1v) is 12.2. The molecule has 0 radical (unpaired) electrons. The fraction of sp³-hybridized carbons (Fsp3) is 0.880. The highest BCUT2D eigenvalue weighted by atomic mass is 16.8. The molecule has 33 heavy (non-hydrogen) atoms. The van der Waals surface area contributed by atoms with Crippen LogP contribution < -0.4 is 0 Å². The van der Waals surface area contributed by atoms with Gasteiger partial charge in [-0.25, -0.2) is 0 Å². The highest BCUT2D eigenvalue weighted by Gasteiger charge is 2.69. The molecule has 0 aromatic rings. The van der Waals surface area contributed by atoms with Gasteiger partial charge in [0.25, 0.3) is 0 Å². The number of esters is 3. The fourth-order valence-corrected chi connectivity index (χ4v) is 6.49. The minimum absolute atomic E-state index is 0.0568. The second-order valence-electron chi connectivity index (χ2n) is 10.6. The lowest BCUT2D eigenvalue weighted by molar-refractivity contribution is -0.253. The van der Waals surface area contributed by atoms with Gasteiger partial charge in [0, 0.05) is 37.5 Å². The molecule has 8 nitrogen and oxygen atoms in total. The standard InChI is InChI=1S/C25H40O8/c1-10-19-13(3)21(30-18(8)27)16(6)25-12(2)11-24(9,33-25)22(32-25)14(4)20(29-17(7)26)15(5)23(28)31-19/h12-16,19-22H,10-11H2,1-9H3/t12-,13+,14+,15-,16-,19-,20+,21+,22-,24-,25-/m1/s1. The minimum atomic E-state index is -0.965. The molecule has 3 saturated heterocycles.